The molecule has 20 heavy (non-hydrogen) atoms. The van der Waals surface area contributed by atoms with Crippen LogP contribution in [0.15, 0.2) is 33.7 Å². The third-order valence-electron chi connectivity index (χ3n) is 2.78. The van der Waals surface area contributed by atoms with E-state index in [4.69, 9.17) is 9.63 Å². The van der Waals surface area contributed by atoms with E-state index in [1.165, 1.54) is 18.2 Å². The molecule has 2 rings (SSSR count). The van der Waals surface area contributed by atoms with Crippen LogP contribution in [-0.2, 0) is 15.6 Å². The Morgan fingerprint density at radius 2 is 2.00 bits per heavy atom. The van der Waals surface area contributed by atoms with E-state index in [-0.39, 0.29) is 22.0 Å². The van der Waals surface area contributed by atoms with Crippen molar-refractivity contribution in [1.82, 2.24) is 5.16 Å². The predicted octanol–water partition coefficient (Wildman–Crippen LogP) is 1.96. The van der Waals surface area contributed by atoms with Crippen LogP contribution in [0.2, 0.25) is 0 Å². The second kappa shape index (κ2) is 5.09. The molecule has 6 nitrogen and oxygen atoms in total. The van der Waals surface area contributed by atoms with Crippen LogP contribution in [0.1, 0.15) is 27.4 Å². The topological polar surface area (TPSA) is 97.5 Å². The van der Waals surface area contributed by atoms with Crippen molar-refractivity contribution in [1.29, 1.82) is 0 Å². The van der Waals surface area contributed by atoms with Crippen molar-refractivity contribution in [3.63, 3.8) is 0 Å². The number of rotatable bonds is 4. The molecule has 0 unspecified atom stereocenters. The van der Waals surface area contributed by atoms with Crippen LogP contribution in [0.5, 0.6) is 0 Å². The number of sulfone groups is 1. The lowest BCUT2D eigenvalue weighted by molar-refractivity contribution is 0.0696. The molecule has 1 aromatic carbocycles. The van der Waals surface area contributed by atoms with Gasteiger partial charge < -0.3 is 9.63 Å². The average Bonchev–Trinajstić information content (AvgIpc) is 2.73. The van der Waals surface area contributed by atoms with Crippen molar-refractivity contribution >= 4 is 15.8 Å². The number of hydrogen-bond acceptors (Lipinski definition) is 5. The van der Waals surface area contributed by atoms with Gasteiger partial charge in [0.2, 0.25) is 0 Å². The summed E-state index contributed by atoms with van der Waals surface area (Å²) in [6, 6.07) is 5.54. The molecule has 0 aliphatic heterocycles. The maximum absolute atomic E-state index is 12.3. The Hall–Kier alpha value is -2.15. The van der Waals surface area contributed by atoms with E-state index in [1.807, 2.05) is 0 Å². The van der Waals surface area contributed by atoms with Crippen LogP contribution in [0.3, 0.4) is 0 Å². The van der Waals surface area contributed by atoms with E-state index >= 15 is 0 Å². The van der Waals surface area contributed by atoms with Crippen LogP contribution in [0.4, 0.5) is 0 Å². The number of hydrogen-bond donors (Lipinski definition) is 1. The molecule has 1 N–H and O–H groups in total. The minimum absolute atomic E-state index is 0.00791. The number of nitrogens with zero attached hydrogens (tertiary/aromatic N) is 1. The molecule has 0 atom stereocenters. The molecular formula is C13H13NO5S. The summed E-state index contributed by atoms with van der Waals surface area (Å²) in [5.74, 6) is -1.29. The van der Waals surface area contributed by atoms with Gasteiger partial charge in [0.1, 0.15) is 5.75 Å². The molecule has 1 aromatic heterocycles. The van der Waals surface area contributed by atoms with Crippen LogP contribution in [0.25, 0.3) is 0 Å². The maximum Gasteiger partial charge on any atom is 0.335 e. The Morgan fingerprint density at radius 3 is 2.55 bits per heavy atom. The fraction of sp³-hybridized carbons (Fsp3) is 0.231. The summed E-state index contributed by atoms with van der Waals surface area (Å²) in [6.45, 7) is 3.31. The second-order valence-electron chi connectivity index (χ2n) is 4.48. The number of benzene rings is 1. The van der Waals surface area contributed by atoms with Gasteiger partial charge in [-0.25, -0.2) is 13.2 Å². The van der Waals surface area contributed by atoms with Gasteiger partial charge in [-0.2, -0.15) is 0 Å². The van der Waals surface area contributed by atoms with Crippen molar-refractivity contribution in [3.8, 4) is 0 Å². The molecule has 0 fully saturated rings. The molecule has 2 aromatic rings. The normalized spacial score (nSPS) is 11.5. The van der Waals surface area contributed by atoms with Crippen LogP contribution in [0, 0.1) is 13.8 Å². The summed E-state index contributed by atoms with van der Waals surface area (Å²) in [7, 11) is -3.68. The molecule has 0 spiro atoms. The first-order chi connectivity index (χ1) is 9.29. The summed E-state index contributed by atoms with van der Waals surface area (Å²) in [5.41, 5.74) is 1.01. The van der Waals surface area contributed by atoms with Crippen molar-refractivity contribution in [3.05, 3.63) is 46.8 Å². The standard InChI is InChI=1S/C13H13NO5S/c1-8-3-4-10(13(15)16)6-12(8)20(17,18)7-11-5-9(2)14-19-11/h3-6H,7H2,1-2H3,(H,15,16). The van der Waals surface area contributed by atoms with E-state index in [2.05, 4.69) is 5.16 Å². The molecule has 1 heterocycles. The fourth-order valence-electron chi connectivity index (χ4n) is 1.82. The highest BCUT2D eigenvalue weighted by molar-refractivity contribution is 7.90. The lowest BCUT2D eigenvalue weighted by Crippen LogP contribution is -2.08. The fourth-order valence-corrected chi connectivity index (χ4v) is 3.35. The Kier molecular flexibility index (Phi) is 3.63. The van der Waals surface area contributed by atoms with Gasteiger partial charge in [-0.15, -0.1) is 0 Å². The molecular weight excluding hydrogens is 282 g/mol. The predicted molar refractivity (Wildman–Crippen MR) is 70.3 cm³/mol. The number of carboxylic acid groups (broad SMARTS) is 1. The Bertz CT molecular complexity index is 761. The minimum Gasteiger partial charge on any atom is -0.478 e. The first-order valence-corrected chi connectivity index (χ1v) is 7.44. The van der Waals surface area contributed by atoms with Crippen LogP contribution >= 0.6 is 0 Å². The summed E-state index contributed by atoms with van der Waals surface area (Å²) in [4.78, 5) is 10.9. The summed E-state index contributed by atoms with van der Waals surface area (Å²) < 4.78 is 29.5. The zero-order chi connectivity index (χ0) is 14.9. The largest absolute Gasteiger partial charge is 0.478 e. The monoisotopic (exact) mass is 295 g/mol. The average molecular weight is 295 g/mol. The molecule has 0 radical (unpaired) electrons. The minimum atomic E-state index is -3.68. The van der Waals surface area contributed by atoms with Gasteiger partial charge in [0.05, 0.1) is 16.2 Å². The Balaban J connectivity index is 2.43. The van der Waals surface area contributed by atoms with Gasteiger partial charge in [0.25, 0.3) is 0 Å². The van der Waals surface area contributed by atoms with Crippen molar-refractivity contribution in [2.75, 3.05) is 0 Å². The quantitative estimate of drug-likeness (QED) is 0.926. The highest BCUT2D eigenvalue weighted by Crippen LogP contribution is 2.22. The molecule has 0 saturated heterocycles. The molecule has 0 bridgehead atoms. The van der Waals surface area contributed by atoms with E-state index < -0.39 is 15.8 Å². The van der Waals surface area contributed by atoms with Crippen molar-refractivity contribution in [2.24, 2.45) is 0 Å². The maximum atomic E-state index is 12.3. The van der Waals surface area contributed by atoms with Crippen molar-refractivity contribution in [2.45, 2.75) is 24.5 Å². The zero-order valence-electron chi connectivity index (χ0n) is 11.0. The summed E-state index contributed by atoms with van der Waals surface area (Å²) in [5, 5.41) is 12.6. The first-order valence-electron chi connectivity index (χ1n) is 5.78. The van der Waals surface area contributed by atoms with E-state index in [0.29, 0.717) is 11.3 Å². The lowest BCUT2D eigenvalue weighted by atomic mass is 10.1. The van der Waals surface area contributed by atoms with E-state index in [0.717, 1.165) is 6.07 Å². The Morgan fingerprint density at radius 1 is 1.30 bits per heavy atom. The smallest absolute Gasteiger partial charge is 0.335 e. The van der Waals surface area contributed by atoms with E-state index in [9.17, 15) is 13.2 Å². The highest BCUT2D eigenvalue weighted by atomic mass is 32.2. The SMILES string of the molecule is Cc1cc(CS(=O)(=O)c2cc(C(=O)O)ccc2C)on1. The second-order valence-corrected chi connectivity index (χ2v) is 6.44. The highest BCUT2D eigenvalue weighted by Gasteiger charge is 2.21. The third kappa shape index (κ3) is 2.88. The number of aryl methyl sites for hydroxylation is 2. The lowest BCUT2D eigenvalue weighted by Gasteiger charge is -2.07. The van der Waals surface area contributed by atoms with Crippen molar-refractivity contribution < 1.29 is 22.8 Å². The molecule has 0 aliphatic carbocycles. The number of carbonyl (C=O) groups is 1. The van der Waals surface area contributed by atoms with Gasteiger partial charge in [0.15, 0.2) is 15.6 Å². The number of carboxylic acids is 1. The third-order valence-corrected chi connectivity index (χ3v) is 4.55. The molecule has 0 aliphatic rings. The van der Waals surface area contributed by atoms with Gasteiger partial charge in [-0.3, -0.25) is 0 Å². The van der Waals surface area contributed by atoms with Gasteiger partial charge in [-0.1, -0.05) is 11.2 Å². The summed E-state index contributed by atoms with van der Waals surface area (Å²) in [6.07, 6.45) is 0. The first kappa shape index (κ1) is 14.3. The van der Waals surface area contributed by atoms with Gasteiger partial charge in [-0.05, 0) is 31.5 Å². The Labute approximate surface area is 115 Å². The summed E-state index contributed by atoms with van der Waals surface area (Å²) >= 11 is 0. The van der Waals surface area contributed by atoms with E-state index in [1.54, 1.807) is 13.8 Å². The van der Waals surface area contributed by atoms with Crippen LogP contribution in [-0.4, -0.2) is 24.7 Å². The molecule has 0 amide bonds. The zero-order valence-corrected chi connectivity index (χ0v) is 11.8. The molecule has 0 saturated carbocycles. The number of aromatic carboxylic acids is 1. The van der Waals surface area contributed by atoms with Gasteiger partial charge in [0, 0.05) is 6.07 Å². The van der Waals surface area contributed by atoms with Crippen LogP contribution < -0.4 is 0 Å². The number of aromatic nitrogens is 1. The van der Waals surface area contributed by atoms with Gasteiger partial charge >= 0.3 is 5.97 Å². The molecule has 106 valence electrons. The molecule has 7 heteroatoms.